The number of carbonyl (C=O) groups is 1. The van der Waals surface area contributed by atoms with Crippen LogP contribution in [0.5, 0.6) is 0 Å². The second-order valence-corrected chi connectivity index (χ2v) is 5.84. The largest absolute Gasteiger partial charge is 0.480 e. The fraction of sp³-hybridized carbons (Fsp3) is 0.417. The summed E-state index contributed by atoms with van der Waals surface area (Å²) in [6.07, 6.45) is 0.312. The molecular weight excluding hydrogens is 270 g/mol. The molecular formula is C12H17NO5S. The Morgan fingerprint density at radius 2 is 2.00 bits per heavy atom. The molecule has 0 aliphatic rings. The van der Waals surface area contributed by atoms with E-state index in [2.05, 4.69) is 4.72 Å². The Labute approximate surface area is 112 Å². The topological polar surface area (TPSA) is 92.7 Å². The SMILES string of the molecule is COCCCS(=O)(=O)N[C@H](C(=O)O)c1ccccc1. The molecule has 0 unspecified atom stereocenters. The van der Waals surface area contributed by atoms with Crippen molar-refractivity contribution in [2.45, 2.75) is 12.5 Å². The molecule has 19 heavy (non-hydrogen) atoms. The van der Waals surface area contributed by atoms with E-state index < -0.39 is 22.0 Å². The molecule has 0 saturated heterocycles. The predicted molar refractivity (Wildman–Crippen MR) is 70.2 cm³/mol. The number of sulfonamides is 1. The molecule has 1 atom stereocenters. The van der Waals surface area contributed by atoms with E-state index in [1.807, 2.05) is 0 Å². The van der Waals surface area contributed by atoms with E-state index in [-0.39, 0.29) is 5.75 Å². The van der Waals surface area contributed by atoms with Gasteiger partial charge in [0.15, 0.2) is 0 Å². The zero-order chi connectivity index (χ0) is 14.3. The van der Waals surface area contributed by atoms with Gasteiger partial charge in [-0.1, -0.05) is 30.3 Å². The first-order valence-electron chi connectivity index (χ1n) is 5.73. The first-order valence-corrected chi connectivity index (χ1v) is 7.38. The predicted octanol–water partition coefficient (Wildman–Crippen LogP) is 0.768. The van der Waals surface area contributed by atoms with Crippen LogP contribution in [0.15, 0.2) is 30.3 Å². The molecule has 6 nitrogen and oxygen atoms in total. The molecule has 2 N–H and O–H groups in total. The molecule has 0 amide bonds. The number of nitrogens with one attached hydrogen (secondary N) is 1. The minimum Gasteiger partial charge on any atom is -0.480 e. The smallest absolute Gasteiger partial charge is 0.326 e. The van der Waals surface area contributed by atoms with Crippen LogP contribution in [0.3, 0.4) is 0 Å². The van der Waals surface area contributed by atoms with Crippen LogP contribution in [-0.2, 0) is 19.6 Å². The molecule has 7 heteroatoms. The van der Waals surface area contributed by atoms with Gasteiger partial charge in [-0.25, -0.2) is 8.42 Å². The van der Waals surface area contributed by atoms with E-state index in [9.17, 15) is 13.2 Å². The molecule has 1 rings (SSSR count). The van der Waals surface area contributed by atoms with Crippen LogP contribution >= 0.6 is 0 Å². The van der Waals surface area contributed by atoms with Gasteiger partial charge in [-0.3, -0.25) is 4.79 Å². The second kappa shape index (κ2) is 7.22. The van der Waals surface area contributed by atoms with Crippen LogP contribution in [0, 0.1) is 0 Å². The zero-order valence-electron chi connectivity index (χ0n) is 10.6. The lowest BCUT2D eigenvalue weighted by molar-refractivity contribution is -0.139. The van der Waals surface area contributed by atoms with Crippen molar-refractivity contribution in [2.75, 3.05) is 19.5 Å². The van der Waals surface area contributed by atoms with Crippen LogP contribution in [0.1, 0.15) is 18.0 Å². The summed E-state index contributed by atoms with van der Waals surface area (Å²) in [6.45, 7) is 0.310. The quantitative estimate of drug-likeness (QED) is 0.689. The van der Waals surface area contributed by atoms with Crippen molar-refractivity contribution in [3.8, 4) is 0 Å². The number of aliphatic carboxylic acids is 1. The highest BCUT2D eigenvalue weighted by molar-refractivity contribution is 7.89. The van der Waals surface area contributed by atoms with Gasteiger partial charge >= 0.3 is 5.97 Å². The number of carboxylic acid groups (broad SMARTS) is 1. The average molecular weight is 287 g/mol. The molecule has 0 aliphatic heterocycles. The summed E-state index contributed by atoms with van der Waals surface area (Å²) < 4.78 is 30.5. The van der Waals surface area contributed by atoms with Gasteiger partial charge in [-0.15, -0.1) is 0 Å². The van der Waals surface area contributed by atoms with Crippen molar-refractivity contribution in [1.29, 1.82) is 0 Å². The molecule has 0 aliphatic carbocycles. The third kappa shape index (κ3) is 5.37. The third-order valence-electron chi connectivity index (χ3n) is 2.44. The van der Waals surface area contributed by atoms with Crippen molar-refractivity contribution in [3.63, 3.8) is 0 Å². The molecule has 0 radical (unpaired) electrons. The summed E-state index contributed by atoms with van der Waals surface area (Å²) in [6, 6.07) is 6.91. The summed E-state index contributed by atoms with van der Waals surface area (Å²) >= 11 is 0. The van der Waals surface area contributed by atoms with Crippen molar-refractivity contribution in [3.05, 3.63) is 35.9 Å². The molecule has 0 aromatic heterocycles. The summed E-state index contributed by atoms with van der Waals surface area (Å²) in [7, 11) is -2.18. The molecule has 0 spiro atoms. The molecule has 0 saturated carbocycles. The maximum atomic E-state index is 11.8. The zero-order valence-corrected chi connectivity index (χ0v) is 11.4. The minimum atomic E-state index is -3.66. The van der Waals surface area contributed by atoms with Gasteiger partial charge in [0.2, 0.25) is 10.0 Å². The van der Waals surface area contributed by atoms with E-state index in [1.54, 1.807) is 30.3 Å². The van der Waals surface area contributed by atoms with Crippen LogP contribution in [0.25, 0.3) is 0 Å². The van der Waals surface area contributed by atoms with Gasteiger partial charge in [0.1, 0.15) is 6.04 Å². The maximum Gasteiger partial charge on any atom is 0.326 e. The lowest BCUT2D eigenvalue weighted by Crippen LogP contribution is -2.35. The van der Waals surface area contributed by atoms with E-state index in [0.717, 1.165) is 0 Å². The first-order chi connectivity index (χ1) is 8.96. The van der Waals surface area contributed by atoms with Gasteiger partial charge in [-0.2, -0.15) is 4.72 Å². The minimum absolute atomic E-state index is 0.169. The van der Waals surface area contributed by atoms with E-state index in [0.29, 0.717) is 18.6 Å². The van der Waals surface area contributed by atoms with Gasteiger partial charge < -0.3 is 9.84 Å². The van der Waals surface area contributed by atoms with Crippen LogP contribution in [0.4, 0.5) is 0 Å². The van der Waals surface area contributed by atoms with Crippen molar-refractivity contribution in [1.82, 2.24) is 4.72 Å². The number of hydrogen-bond acceptors (Lipinski definition) is 4. The Hall–Kier alpha value is -1.44. The van der Waals surface area contributed by atoms with Gasteiger partial charge in [0.05, 0.1) is 5.75 Å². The number of carboxylic acids is 1. The van der Waals surface area contributed by atoms with Crippen LogP contribution in [0.2, 0.25) is 0 Å². The van der Waals surface area contributed by atoms with Gasteiger partial charge in [0, 0.05) is 13.7 Å². The standard InChI is InChI=1S/C12H17NO5S/c1-18-8-5-9-19(16,17)13-11(12(14)15)10-6-3-2-4-7-10/h2-4,6-7,11,13H,5,8-9H2,1H3,(H,14,15)/t11-/m0/s1. The Balaban J connectivity index is 2.77. The monoisotopic (exact) mass is 287 g/mol. The number of benzene rings is 1. The van der Waals surface area contributed by atoms with Crippen molar-refractivity contribution < 1.29 is 23.1 Å². The molecule has 0 heterocycles. The molecule has 1 aromatic rings. The van der Waals surface area contributed by atoms with Crippen LogP contribution < -0.4 is 4.72 Å². The average Bonchev–Trinajstić information content (AvgIpc) is 2.37. The summed E-state index contributed by atoms with van der Waals surface area (Å²) in [5, 5.41) is 9.11. The summed E-state index contributed by atoms with van der Waals surface area (Å²) in [5.41, 5.74) is 0.394. The van der Waals surface area contributed by atoms with E-state index >= 15 is 0 Å². The molecule has 106 valence electrons. The summed E-state index contributed by atoms with van der Waals surface area (Å²) in [4.78, 5) is 11.2. The highest BCUT2D eigenvalue weighted by Gasteiger charge is 2.25. The Bertz CT molecular complexity index is 500. The normalized spacial score (nSPS) is 13.1. The number of ether oxygens (including phenoxy) is 1. The fourth-order valence-electron chi connectivity index (χ4n) is 1.54. The Morgan fingerprint density at radius 1 is 1.37 bits per heavy atom. The number of hydrogen-bond donors (Lipinski definition) is 2. The second-order valence-electron chi connectivity index (χ2n) is 3.97. The molecule has 0 fully saturated rings. The van der Waals surface area contributed by atoms with Gasteiger partial charge in [0.25, 0.3) is 0 Å². The highest BCUT2D eigenvalue weighted by atomic mass is 32.2. The van der Waals surface area contributed by atoms with Crippen molar-refractivity contribution in [2.24, 2.45) is 0 Å². The van der Waals surface area contributed by atoms with Gasteiger partial charge in [-0.05, 0) is 12.0 Å². The first kappa shape index (κ1) is 15.6. The molecule has 1 aromatic carbocycles. The maximum absolute atomic E-state index is 11.8. The lowest BCUT2D eigenvalue weighted by Gasteiger charge is -2.15. The van der Waals surface area contributed by atoms with E-state index in [1.165, 1.54) is 7.11 Å². The van der Waals surface area contributed by atoms with E-state index in [4.69, 9.17) is 9.84 Å². The third-order valence-corrected chi connectivity index (χ3v) is 3.86. The summed E-state index contributed by atoms with van der Waals surface area (Å²) in [5.74, 6) is -1.40. The Morgan fingerprint density at radius 3 is 2.53 bits per heavy atom. The molecule has 0 bridgehead atoms. The number of methoxy groups -OCH3 is 1. The highest BCUT2D eigenvalue weighted by Crippen LogP contribution is 2.14. The lowest BCUT2D eigenvalue weighted by atomic mass is 10.1. The number of rotatable bonds is 8. The fourth-order valence-corrected chi connectivity index (χ4v) is 2.75. The van der Waals surface area contributed by atoms with Crippen LogP contribution in [-0.4, -0.2) is 39.0 Å². The Kier molecular flexibility index (Phi) is 5.94. The van der Waals surface area contributed by atoms with Crippen molar-refractivity contribution >= 4 is 16.0 Å².